The van der Waals surface area contributed by atoms with Gasteiger partial charge in [-0.15, -0.1) is 0 Å². The zero-order valence-corrected chi connectivity index (χ0v) is 22.3. The average molecular weight is 542 g/mol. The first-order valence-corrected chi connectivity index (χ1v) is 13.4. The SMILES string of the molecule is CCN[C@@H]1C(=O)C(C(N)=O)=C(O)[C@@]2(O)C(=O)C3=C(O)c4c(O)cc([C@@H]5CCCN5CC)c(OC)c4C[C@H]3C[C@@H]12. The lowest BCUT2D eigenvalue weighted by Crippen LogP contribution is -2.66. The number of nitrogens with one attached hydrogen (secondary N) is 1. The van der Waals surface area contributed by atoms with Gasteiger partial charge in [0.25, 0.3) is 5.91 Å². The Balaban J connectivity index is 1.70. The molecule has 1 heterocycles. The number of fused-ring (bicyclic) bond motifs is 3. The number of ketones is 2. The number of aliphatic hydroxyl groups excluding tert-OH is 2. The number of carbonyl (C=O) groups is 3. The summed E-state index contributed by atoms with van der Waals surface area (Å²) in [7, 11) is 1.53. The van der Waals surface area contributed by atoms with Crippen molar-refractivity contribution >= 4 is 23.2 Å². The molecule has 0 bridgehead atoms. The largest absolute Gasteiger partial charge is 0.508 e. The average Bonchev–Trinajstić information content (AvgIpc) is 3.37. The predicted octanol–water partition coefficient (Wildman–Crippen LogP) is 1.18. The third-order valence-electron chi connectivity index (χ3n) is 8.94. The number of carbonyl (C=O) groups excluding carboxylic acids is 3. The molecule has 4 aliphatic rings. The first-order valence-electron chi connectivity index (χ1n) is 13.4. The summed E-state index contributed by atoms with van der Waals surface area (Å²) in [6.07, 6.45) is 2.10. The monoisotopic (exact) mass is 541 g/mol. The molecule has 11 nitrogen and oxygen atoms in total. The van der Waals surface area contributed by atoms with Crippen LogP contribution in [0.3, 0.4) is 0 Å². The number of benzene rings is 1. The molecular formula is C28H35N3O8. The van der Waals surface area contributed by atoms with Gasteiger partial charge in [-0.3, -0.25) is 19.3 Å². The maximum Gasteiger partial charge on any atom is 0.255 e. The van der Waals surface area contributed by atoms with Gasteiger partial charge in [0.05, 0.1) is 18.7 Å². The molecule has 7 N–H and O–H groups in total. The lowest BCUT2D eigenvalue weighted by atomic mass is 9.57. The molecule has 1 aromatic carbocycles. The van der Waals surface area contributed by atoms with Crippen LogP contribution in [0.25, 0.3) is 5.76 Å². The second-order valence-corrected chi connectivity index (χ2v) is 10.7. The second-order valence-electron chi connectivity index (χ2n) is 10.7. The van der Waals surface area contributed by atoms with Gasteiger partial charge in [0.2, 0.25) is 5.78 Å². The number of rotatable bonds is 6. The molecule has 210 valence electrons. The number of methoxy groups -OCH3 is 1. The molecule has 0 radical (unpaired) electrons. The first kappa shape index (κ1) is 27.2. The summed E-state index contributed by atoms with van der Waals surface area (Å²) >= 11 is 0. The van der Waals surface area contributed by atoms with E-state index in [1.165, 1.54) is 7.11 Å². The summed E-state index contributed by atoms with van der Waals surface area (Å²) in [4.78, 5) is 41.5. The molecule has 5 rings (SSSR count). The normalized spacial score (nSPS) is 30.8. The van der Waals surface area contributed by atoms with Crippen molar-refractivity contribution in [1.82, 2.24) is 10.2 Å². The number of Topliss-reactive ketones (excluding diaryl/α,β-unsaturated/α-hetero) is 2. The summed E-state index contributed by atoms with van der Waals surface area (Å²) in [5, 5.41) is 48.1. The van der Waals surface area contributed by atoms with Crippen LogP contribution in [-0.2, 0) is 20.8 Å². The fourth-order valence-electron chi connectivity index (χ4n) is 7.25. The highest BCUT2D eigenvalue weighted by Crippen LogP contribution is 2.54. The van der Waals surface area contributed by atoms with Gasteiger partial charge < -0.3 is 36.2 Å². The predicted molar refractivity (Wildman–Crippen MR) is 140 cm³/mol. The van der Waals surface area contributed by atoms with Crippen LogP contribution in [0.2, 0.25) is 0 Å². The van der Waals surface area contributed by atoms with Crippen molar-refractivity contribution in [2.75, 3.05) is 26.7 Å². The van der Waals surface area contributed by atoms with Crippen molar-refractivity contribution in [2.45, 2.75) is 57.2 Å². The number of aromatic hydroxyl groups is 1. The molecule has 0 unspecified atom stereocenters. The van der Waals surface area contributed by atoms with E-state index < -0.39 is 58.0 Å². The van der Waals surface area contributed by atoms with Crippen LogP contribution in [0, 0.1) is 11.8 Å². The topological polar surface area (TPSA) is 183 Å². The van der Waals surface area contributed by atoms with Gasteiger partial charge in [0.15, 0.2) is 11.4 Å². The quantitative estimate of drug-likeness (QED) is 0.286. The van der Waals surface area contributed by atoms with E-state index in [2.05, 4.69) is 17.1 Å². The fraction of sp³-hybridized carbons (Fsp3) is 0.536. The van der Waals surface area contributed by atoms with E-state index >= 15 is 0 Å². The van der Waals surface area contributed by atoms with E-state index in [1.807, 2.05) is 0 Å². The number of nitrogens with zero attached hydrogens (tertiary/aromatic N) is 1. The molecule has 1 saturated heterocycles. The van der Waals surface area contributed by atoms with Crippen LogP contribution in [0.5, 0.6) is 11.5 Å². The molecule has 1 aliphatic heterocycles. The minimum absolute atomic E-state index is 0.0233. The molecule has 1 saturated carbocycles. The maximum absolute atomic E-state index is 13.9. The Hall–Kier alpha value is -3.41. The number of aliphatic hydroxyl groups is 3. The molecule has 0 aromatic heterocycles. The summed E-state index contributed by atoms with van der Waals surface area (Å²) in [6.45, 7) is 5.82. The van der Waals surface area contributed by atoms with E-state index in [9.17, 15) is 34.8 Å². The van der Waals surface area contributed by atoms with Crippen LogP contribution in [0.4, 0.5) is 0 Å². The number of likely N-dealkylation sites (N-methyl/N-ethyl adjacent to an activating group) is 1. The van der Waals surface area contributed by atoms with E-state index in [0.717, 1.165) is 31.5 Å². The lowest BCUT2D eigenvalue weighted by molar-refractivity contribution is -0.150. The smallest absolute Gasteiger partial charge is 0.255 e. The fourth-order valence-corrected chi connectivity index (χ4v) is 7.25. The number of amides is 1. The highest BCUT2D eigenvalue weighted by atomic mass is 16.5. The minimum Gasteiger partial charge on any atom is -0.508 e. The number of phenols is 1. The van der Waals surface area contributed by atoms with Gasteiger partial charge in [-0.1, -0.05) is 13.8 Å². The summed E-state index contributed by atoms with van der Waals surface area (Å²) in [6, 6.07) is 0.419. The Bertz CT molecular complexity index is 1330. The van der Waals surface area contributed by atoms with Crippen LogP contribution < -0.4 is 15.8 Å². The number of likely N-dealkylation sites (tertiary alicyclic amines) is 1. The molecule has 3 aliphatic carbocycles. The van der Waals surface area contributed by atoms with Crippen molar-refractivity contribution in [3.8, 4) is 11.5 Å². The highest BCUT2D eigenvalue weighted by Gasteiger charge is 2.63. The van der Waals surface area contributed by atoms with E-state index in [-0.39, 0.29) is 42.3 Å². The van der Waals surface area contributed by atoms with Gasteiger partial charge in [0, 0.05) is 28.7 Å². The molecule has 5 atom stereocenters. The van der Waals surface area contributed by atoms with Gasteiger partial charge in [-0.05, 0) is 57.3 Å². The van der Waals surface area contributed by atoms with Crippen molar-refractivity contribution < 1.29 is 39.5 Å². The minimum atomic E-state index is -2.66. The molecule has 0 spiro atoms. The zero-order valence-electron chi connectivity index (χ0n) is 22.3. The molecule has 39 heavy (non-hydrogen) atoms. The van der Waals surface area contributed by atoms with Crippen molar-refractivity contribution in [1.29, 1.82) is 0 Å². The third-order valence-corrected chi connectivity index (χ3v) is 8.94. The van der Waals surface area contributed by atoms with E-state index in [0.29, 0.717) is 11.3 Å². The van der Waals surface area contributed by atoms with E-state index in [4.69, 9.17) is 10.5 Å². The first-order chi connectivity index (χ1) is 18.5. The number of ether oxygens (including phenoxy) is 1. The molecule has 1 aromatic rings. The van der Waals surface area contributed by atoms with Gasteiger partial charge in [-0.2, -0.15) is 0 Å². The van der Waals surface area contributed by atoms with Crippen LogP contribution in [-0.4, -0.2) is 81.2 Å². The molecule has 11 heteroatoms. The number of hydrogen-bond donors (Lipinski definition) is 6. The van der Waals surface area contributed by atoms with Crippen molar-refractivity contribution in [3.63, 3.8) is 0 Å². The van der Waals surface area contributed by atoms with Crippen molar-refractivity contribution in [3.05, 3.63) is 39.7 Å². The zero-order chi connectivity index (χ0) is 28.4. The number of hydrogen-bond acceptors (Lipinski definition) is 10. The Labute approximate surface area is 225 Å². The van der Waals surface area contributed by atoms with Crippen LogP contribution in [0.15, 0.2) is 23.0 Å². The molecule has 1 amide bonds. The Kier molecular flexibility index (Phi) is 6.72. The molecular weight excluding hydrogens is 506 g/mol. The van der Waals surface area contributed by atoms with Gasteiger partial charge >= 0.3 is 0 Å². The summed E-state index contributed by atoms with van der Waals surface area (Å²) < 4.78 is 5.85. The number of nitrogens with two attached hydrogens (primary N) is 1. The number of phenolic OH excluding ortho intramolecular Hbond substituents is 1. The summed E-state index contributed by atoms with van der Waals surface area (Å²) in [5.41, 5.74) is 3.05. The second kappa shape index (κ2) is 9.65. The van der Waals surface area contributed by atoms with E-state index in [1.54, 1.807) is 13.0 Å². The van der Waals surface area contributed by atoms with Gasteiger partial charge in [-0.25, -0.2) is 0 Å². The Morgan fingerprint density at radius 1 is 1.26 bits per heavy atom. The Morgan fingerprint density at radius 3 is 2.59 bits per heavy atom. The standard InChI is InChI=1S/C28H35N3O8/c1-4-30-21-15-10-12-9-14-19(17(32)11-13(24(14)39-3)16-7-6-8-31(16)5-2)22(33)18(12)25(35)28(15,38)26(36)20(23(21)34)27(29)37/h11-12,15-16,21,30,32-33,36,38H,4-10H2,1-3H3,(H2,29,37)/t12-,15-,16-,21-,28-/m0/s1. The lowest BCUT2D eigenvalue weighted by Gasteiger charge is -2.49. The molecule has 2 fully saturated rings. The third kappa shape index (κ3) is 3.70. The highest BCUT2D eigenvalue weighted by molar-refractivity contribution is 6.24. The Morgan fingerprint density at radius 2 is 1.97 bits per heavy atom. The summed E-state index contributed by atoms with van der Waals surface area (Å²) in [5.74, 6) is -6.21. The van der Waals surface area contributed by atoms with Gasteiger partial charge in [0.1, 0.15) is 28.6 Å². The van der Waals surface area contributed by atoms with Crippen LogP contribution >= 0.6 is 0 Å². The maximum atomic E-state index is 13.9. The van der Waals surface area contributed by atoms with Crippen LogP contribution in [0.1, 0.15) is 55.8 Å². The van der Waals surface area contributed by atoms with Crippen molar-refractivity contribution in [2.24, 2.45) is 17.6 Å². The number of primary amides is 1.